The van der Waals surface area contributed by atoms with Crippen LogP contribution in [0.4, 0.5) is 0 Å². The number of phenols is 1. The third-order valence-electron chi connectivity index (χ3n) is 5.92. The molecule has 2 rings (SSSR count). The Balaban J connectivity index is 3.05. The predicted octanol–water partition coefficient (Wildman–Crippen LogP) is 5.31. The fraction of sp³-hybridized carbons (Fsp3) is 0.409. The van der Waals surface area contributed by atoms with E-state index in [4.69, 9.17) is 4.74 Å². The zero-order valence-electron chi connectivity index (χ0n) is 16.8. The number of methoxy groups -OCH3 is 1. The molecule has 2 aromatic rings. The van der Waals surface area contributed by atoms with E-state index in [1.165, 1.54) is 12.7 Å². The molecule has 0 atom stereocenters. The van der Waals surface area contributed by atoms with Gasteiger partial charge in [-0.25, -0.2) is 4.79 Å². The molecule has 25 heavy (non-hydrogen) atoms. The van der Waals surface area contributed by atoms with Crippen LogP contribution in [0.5, 0.6) is 5.75 Å². The van der Waals surface area contributed by atoms with Crippen molar-refractivity contribution >= 4 is 5.97 Å². The van der Waals surface area contributed by atoms with Gasteiger partial charge in [-0.1, -0.05) is 0 Å². The smallest absolute Gasteiger partial charge is 0.338 e. The molecule has 0 aliphatic heterocycles. The summed E-state index contributed by atoms with van der Waals surface area (Å²) < 4.78 is 5.01. The van der Waals surface area contributed by atoms with E-state index in [9.17, 15) is 9.90 Å². The zero-order chi connectivity index (χ0) is 19.2. The maximum absolute atomic E-state index is 12.4. The summed E-state index contributed by atoms with van der Waals surface area (Å²) in [7, 11) is 1.40. The lowest BCUT2D eigenvalue weighted by molar-refractivity contribution is 0.0599. The summed E-state index contributed by atoms with van der Waals surface area (Å²) in [4.78, 5) is 12.4. The van der Waals surface area contributed by atoms with Crippen molar-refractivity contribution in [1.29, 1.82) is 0 Å². The van der Waals surface area contributed by atoms with E-state index in [0.717, 1.165) is 50.1 Å². The second kappa shape index (κ2) is 6.55. The van der Waals surface area contributed by atoms with Gasteiger partial charge in [0.25, 0.3) is 0 Å². The molecule has 0 bridgehead atoms. The number of hydrogen-bond acceptors (Lipinski definition) is 3. The predicted molar refractivity (Wildman–Crippen MR) is 103 cm³/mol. The van der Waals surface area contributed by atoms with Gasteiger partial charge in [0.05, 0.1) is 12.7 Å². The molecular formula is C22H28O3. The van der Waals surface area contributed by atoms with E-state index in [2.05, 4.69) is 13.8 Å². The van der Waals surface area contributed by atoms with Crippen LogP contribution in [-0.2, 0) is 4.74 Å². The maximum Gasteiger partial charge on any atom is 0.338 e. The average Bonchev–Trinajstić information content (AvgIpc) is 2.59. The summed E-state index contributed by atoms with van der Waals surface area (Å²) in [6.45, 7) is 16.0. The highest BCUT2D eigenvalue weighted by atomic mass is 16.5. The summed E-state index contributed by atoms with van der Waals surface area (Å²) >= 11 is 0. The lowest BCUT2D eigenvalue weighted by atomic mass is 9.81. The number of benzene rings is 2. The molecule has 3 heteroatoms. The summed E-state index contributed by atoms with van der Waals surface area (Å²) in [5, 5.41) is 10.9. The second-order valence-electron chi connectivity index (χ2n) is 6.97. The van der Waals surface area contributed by atoms with Crippen LogP contribution in [0, 0.1) is 55.4 Å². The third kappa shape index (κ3) is 2.72. The minimum absolute atomic E-state index is 0.297. The Morgan fingerprint density at radius 1 is 0.640 bits per heavy atom. The van der Waals surface area contributed by atoms with Crippen LogP contribution >= 0.6 is 0 Å². The van der Waals surface area contributed by atoms with Crippen LogP contribution in [0.25, 0.3) is 11.1 Å². The summed E-state index contributed by atoms with van der Waals surface area (Å²) in [5.41, 5.74) is 10.5. The number of ether oxygens (including phenoxy) is 1. The van der Waals surface area contributed by atoms with Crippen molar-refractivity contribution in [3.63, 3.8) is 0 Å². The van der Waals surface area contributed by atoms with Gasteiger partial charge in [0.15, 0.2) is 0 Å². The minimum atomic E-state index is -0.336. The fourth-order valence-corrected chi connectivity index (χ4v) is 3.73. The van der Waals surface area contributed by atoms with Gasteiger partial charge in [0.1, 0.15) is 5.75 Å². The molecule has 3 nitrogen and oxygen atoms in total. The Hall–Kier alpha value is -2.29. The van der Waals surface area contributed by atoms with Crippen molar-refractivity contribution in [3.05, 3.63) is 50.1 Å². The summed E-state index contributed by atoms with van der Waals surface area (Å²) in [6.07, 6.45) is 0. The standard InChI is InChI=1S/C22H28O3/c1-10-11(2)16(7)21(23)20(15(10)6)18-13(4)12(3)14(5)19(17(18)8)22(24)25-9/h23H,1-9H3. The van der Waals surface area contributed by atoms with Crippen LogP contribution in [0.2, 0.25) is 0 Å². The molecule has 0 aliphatic carbocycles. The van der Waals surface area contributed by atoms with Crippen LogP contribution in [0.15, 0.2) is 0 Å². The highest BCUT2D eigenvalue weighted by molar-refractivity contribution is 5.97. The van der Waals surface area contributed by atoms with Gasteiger partial charge in [0.2, 0.25) is 0 Å². The molecule has 134 valence electrons. The third-order valence-corrected chi connectivity index (χ3v) is 5.92. The quantitative estimate of drug-likeness (QED) is 0.753. The van der Waals surface area contributed by atoms with E-state index < -0.39 is 0 Å². The molecule has 0 saturated heterocycles. The second-order valence-corrected chi connectivity index (χ2v) is 6.97. The van der Waals surface area contributed by atoms with Crippen LogP contribution < -0.4 is 0 Å². The molecule has 0 amide bonds. The Labute approximate surface area is 150 Å². The molecule has 0 heterocycles. The first kappa shape index (κ1) is 19.0. The van der Waals surface area contributed by atoms with Gasteiger partial charge >= 0.3 is 5.97 Å². The number of carbonyl (C=O) groups excluding carboxylic acids is 1. The molecular weight excluding hydrogens is 312 g/mol. The van der Waals surface area contributed by atoms with Gasteiger partial charge in [-0.3, -0.25) is 0 Å². The first-order valence-corrected chi connectivity index (χ1v) is 8.54. The minimum Gasteiger partial charge on any atom is -0.507 e. The molecule has 0 aromatic heterocycles. The topological polar surface area (TPSA) is 46.5 Å². The Morgan fingerprint density at radius 2 is 1.08 bits per heavy atom. The van der Waals surface area contributed by atoms with Gasteiger partial charge in [-0.05, 0) is 105 Å². The lowest BCUT2D eigenvalue weighted by Gasteiger charge is -2.24. The Bertz CT molecular complexity index is 860. The fourth-order valence-electron chi connectivity index (χ4n) is 3.73. The summed E-state index contributed by atoms with van der Waals surface area (Å²) in [5.74, 6) is -0.0390. The van der Waals surface area contributed by atoms with Crippen molar-refractivity contribution in [2.24, 2.45) is 0 Å². The lowest BCUT2D eigenvalue weighted by Crippen LogP contribution is -2.11. The Kier molecular flexibility index (Phi) is 4.99. The van der Waals surface area contributed by atoms with Crippen molar-refractivity contribution in [2.75, 3.05) is 7.11 Å². The molecule has 0 spiro atoms. The summed E-state index contributed by atoms with van der Waals surface area (Å²) in [6, 6.07) is 0. The monoisotopic (exact) mass is 340 g/mol. The molecule has 2 aromatic carbocycles. The molecule has 0 radical (unpaired) electrons. The number of rotatable bonds is 2. The molecule has 0 aliphatic rings. The SMILES string of the molecule is COC(=O)c1c(C)c(C)c(C)c(-c2c(C)c(C)c(C)c(C)c2O)c1C. The number of phenolic OH excluding ortho intramolecular Hbond substituents is 1. The van der Waals surface area contributed by atoms with Crippen molar-refractivity contribution in [1.82, 2.24) is 0 Å². The van der Waals surface area contributed by atoms with E-state index in [-0.39, 0.29) is 5.97 Å². The van der Waals surface area contributed by atoms with Gasteiger partial charge in [0, 0.05) is 5.56 Å². The van der Waals surface area contributed by atoms with Crippen LogP contribution in [0.1, 0.15) is 54.9 Å². The highest BCUT2D eigenvalue weighted by Crippen LogP contribution is 2.44. The van der Waals surface area contributed by atoms with Gasteiger partial charge in [-0.15, -0.1) is 0 Å². The van der Waals surface area contributed by atoms with E-state index in [1.807, 2.05) is 41.5 Å². The molecule has 0 unspecified atom stereocenters. The largest absolute Gasteiger partial charge is 0.507 e. The van der Waals surface area contributed by atoms with E-state index in [1.54, 1.807) is 0 Å². The number of esters is 1. The number of aromatic hydroxyl groups is 1. The van der Waals surface area contributed by atoms with Crippen LogP contribution in [0.3, 0.4) is 0 Å². The van der Waals surface area contributed by atoms with Crippen molar-refractivity contribution in [3.8, 4) is 16.9 Å². The van der Waals surface area contributed by atoms with Crippen molar-refractivity contribution < 1.29 is 14.6 Å². The first-order chi connectivity index (χ1) is 11.6. The van der Waals surface area contributed by atoms with E-state index in [0.29, 0.717) is 11.3 Å². The molecule has 1 N–H and O–H groups in total. The molecule has 0 fully saturated rings. The maximum atomic E-state index is 12.4. The average molecular weight is 340 g/mol. The van der Waals surface area contributed by atoms with Crippen molar-refractivity contribution in [2.45, 2.75) is 55.4 Å². The number of carbonyl (C=O) groups is 1. The normalized spacial score (nSPS) is 10.9. The first-order valence-electron chi connectivity index (χ1n) is 8.54. The van der Waals surface area contributed by atoms with Gasteiger partial charge in [-0.2, -0.15) is 0 Å². The molecule has 0 saturated carbocycles. The van der Waals surface area contributed by atoms with E-state index >= 15 is 0 Å². The van der Waals surface area contributed by atoms with Gasteiger partial charge < -0.3 is 9.84 Å². The highest BCUT2D eigenvalue weighted by Gasteiger charge is 2.25. The number of hydrogen-bond donors (Lipinski definition) is 1. The zero-order valence-corrected chi connectivity index (χ0v) is 16.8. The Morgan fingerprint density at radius 3 is 1.60 bits per heavy atom. The van der Waals surface area contributed by atoms with Crippen LogP contribution in [-0.4, -0.2) is 18.2 Å².